The van der Waals surface area contributed by atoms with Gasteiger partial charge in [0.25, 0.3) is 0 Å². The standard InChI is InChI=1S/C23H33N7O/c1-16(2)5-4-6-17(3)26-22-20-21(25-15-24-20)28-23(29-22)27-18-7-9-19(10-8-18)30-11-13-31-14-12-30/h7-10,15-17H,4-6,11-14H2,1-3H3,(H3,24,25,26,27,28,29). The molecule has 3 N–H and O–H groups in total. The van der Waals surface area contributed by atoms with Gasteiger partial charge in [0.2, 0.25) is 5.95 Å². The van der Waals surface area contributed by atoms with Crippen molar-refractivity contribution >= 4 is 34.3 Å². The summed E-state index contributed by atoms with van der Waals surface area (Å²) in [5.74, 6) is 2.04. The minimum Gasteiger partial charge on any atom is -0.378 e. The largest absolute Gasteiger partial charge is 0.378 e. The van der Waals surface area contributed by atoms with Crippen LogP contribution in [0.5, 0.6) is 0 Å². The number of nitrogens with one attached hydrogen (secondary N) is 3. The van der Waals surface area contributed by atoms with Gasteiger partial charge in [0.1, 0.15) is 5.52 Å². The van der Waals surface area contributed by atoms with Gasteiger partial charge in [-0.15, -0.1) is 0 Å². The van der Waals surface area contributed by atoms with Crippen LogP contribution >= 0.6 is 0 Å². The van der Waals surface area contributed by atoms with E-state index in [9.17, 15) is 0 Å². The molecule has 8 nitrogen and oxygen atoms in total. The van der Waals surface area contributed by atoms with Crippen molar-refractivity contribution in [1.29, 1.82) is 0 Å². The predicted octanol–water partition coefficient (Wildman–Crippen LogP) is 4.56. The Morgan fingerprint density at radius 3 is 2.58 bits per heavy atom. The van der Waals surface area contributed by atoms with Crippen LogP contribution < -0.4 is 15.5 Å². The van der Waals surface area contributed by atoms with Crippen LogP contribution in [0, 0.1) is 5.92 Å². The molecule has 1 aliphatic heterocycles. The highest BCUT2D eigenvalue weighted by atomic mass is 16.5. The Labute approximate surface area is 183 Å². The van der Waals surface area contributed by atoms with Crippen molar-refractivity contribution in [2.75, 3.05) is 41.8 Å². The van der Waals surface area contributed by atoms with Crippen molar-refractivity contribution in [2.45, 2.75) is 46.1 Å². The van der Waals surface area contributed by atoms with Gasteiger partial charge in [-0.1, -0.05) is 26.7 Å². The van der Waals surface area contributed by atoms with Gasteiger partial charge < -0.3 is 25.3 Å². The van der Waals surface area contributed by atoms with E-state index in [1.807, 2.05) is 0 Å². The lowest BCUT2D eigenvalue weighted by molar-refractivity contribution is 0.122. The summed E-state index contributed by atoms with van der Waals surface area (Å²) in [4.78, 5) is 19.2. The van der Waals surface area contributed by atoms with Crippen molar-refractivity contribution < 1.29 is 4.74 Å². The average Bonchev–Trinajstić information content (AvgIpc) is 3.24. The fourth-order valence-electron chi connectivity index (χ4n) is 3.84. The number of imidazole rings is 1. The molecule has 3 aromatic rings. The maximum Gasteiger partial charge on any atom is 0.231 e. The van der Waals surface area contributed by atoms with E-state index in [0.29, 0.717) is 12.0 Å². The molecule has 1 unspecified atom stereocenters. The minimum atomic E-state index is 0.314. The SMILES string of the molecule is CC(C)CCCC(C)Nc1nc(Nc2ccc(N3CCOCC3)cc2)nc2[nH]cnc12. The number of nitrogens with zero attached hydrogens (tertiary/aromatic N) is 4. The molecule has 0 amide bonds. The second-order valence-electron chi connectivity index (χ2n) is 8.64. The molecule has 0 saturated carbocycles. The molecule has 2 aromatic heterocycles. The lowest BCUT2D eigenvalue weighted by Crippen LogP contribution is -2.36. The quantitative estimate of drug-likeness (QED) is 0.465. The summed E-state index contributed by atoms with van der Waals surface area (Å²) in [7, 11) is 0. The summed E-state index contributed by atoms with van der Waals surface area (Å²) in [6, 6.07) is 8.69. The first-order valence-corrected chi connectivity index (χ1v) is 11.3. The van der Waals surface area contributed by atoms with Crippen molar-refractivity contribution in [2.24, 2.45) is 5.92 Å². The van der Waals surface area contributed by atoms with Gasteiger partial charge in [-0.25, -0.2) is 4.98 Å². The molecular weight excluding hydrogens is 390 g/mol. The highest BCUT2D eigenvalue weighted by Gasteiger charge is 2.14. The van der Waals surface area contributed by atoms with Crippen molar-refractivity contribution in [3.05, 3.63) is 30.6 Å². The van der Waals surface area contributed by atoms with Crippen LogP contribution in [0.3, 0.4) is 0 Å². The zero-order valence-corrected chi connectivity index (χ0v) is 18.7. The number of anilines is 4. The van der Waals surface area contributed by atoms with Crippen LogP contribution in [0.2, 0.25) is 0 Å². The van der Waals surface area contributed by atoms with Gasteiger partial charge in [0.05, 0.1) is 19.5 Å². The fourth-order valence-corrected chi connectivity index (χ4v) is 3.84. The van der Waals surface area contributed by atoms with Crippen LogP contribution in [0.1, 0.15) is 40.0 Å². The molecule has 1 aliphatic rings. The van der Waals surface area contributed by atoms with E-state index in [4.69, 9.17) is 9.72 Å². The predicted molar refractivity (Wildman–Crippen MR) is 126 cm³/mol. The molecule has 3 heterocycles. The second-order valence-corrected chi connectivity index (χ2v) is 8.64. The molecule has 1 fully saturated rings. The highest BCUT2D eigenvalue weighted by molar-refractivity contribution is 5.84. The maximum atomic E-state index is 5.44. The van der Waals surface area contributed by atoms with Crippen LogP contribution in [0.25, 0.3) is 11.2 Å². The molecule has 0 radical (unpaired) electrons. The fraction of sp³-hybridized carbons (Fsp3) is 0.522. The topological polar surface area (TPSA) is 91.0 Å². The summed E-state index contributed by atoms with van der Waals surface area (Å²) in [5, 5.41) is 6.87. The Balaban J connectivity index is 1.45. The number of hydrogen-bond acceptors (Lipinski definition) is 7. The Morgan fingerprint density at radius 1 is 1.06 bits per heavy atom. The zero-order chi connectivity index (χ0) is 21.6. The molecule has 31 heavy (non-hydrogen) atoms. The van der Waals surface area contributed by atoms with E-state index in [1.165, 1.54) is 18.5 Å². The Kier molecular flexibility index (Phi) is 6.86. The van der Waals surface area contributed by atoms with Crippen LogP contribution in [0.4, 0.5) is 23.1 Å². The summed E-state index contributed by atoms with van der Waals surface area (Å²) in [6.07, 6.45) is 5.19. The number of aromatic nitrogens is 4. The molecule has 1 atom stereocenters. The molecule has 8 heteroatoms. The van der Waals surface area contributed by atoms with Gasteiger partial charge in [-0.3, -0.25) is 0 Å². The number of aromatic amines is 1. The molecular formula is C23H33N7O. The first kappa shape index (κ1) is 21.4. The third-order valence-corrected chi connectivity index (χ3v) is 5.58. The number of hydrogen-bond donors (Lipinski definition) is 3. The van der Waals surface area contributed by atoms with E-state index in [0.717, 1.165) is 61.3 Å². The van der Waals surface area contributed by atoms with Gasteiger partial charge >= 0.3 is 0 Å². The van der Waals surface area contributed by atoms with Crippen LogP contribution in [-0.2, 0) is 4.74 Å². The Morgan fingerprint density at radius 2 is 1.84 bits per heavy atom. The summed E-state index contributed by atoms with van der Waals surface area (Å²) in [5.41, 5.74) is 3.64. The zero-order valence-electron chi connectivity index (χ0n) is 18.7. The van der Waals surface area contributed by atoms with E-state index >= 15 is 0 Å². The number of rotatable bonds is 9. The van der Waals surface area contributed by atoms with Crippen LogP contribution in [-0.4, -0.2) is 52.3 Å². The van der Waals surface area contributed by atoms with Crippen LogP contribution in [0.15, 0.2) is 30.6 Å². The van der Waals surface area contributed by atoms with E-state index in [-0.39, 0.29) is 0 Å². The maximum absolute atomic E-state index is 5.44. The molecule has 166 valence electrons. The number of H-pyrrole nitrogens is 1. The molecule has 0 aliphatic carbocycles. The Bertz CT molecular complexity index is 964. The molecule has 0 bridgehead atoms. The summed E-state index contributed by atoms with van der Waals surface area (Å²) < 4.78 is 5.44. The van der Waals surface area contributed by atoms with Gasteiger partial charge in [0.15, 0.2) is 11.5 Å². The number of benzene rings is 1. The molecule has 1 aromatic carbocycles. The highest BCUT2D eigenvalue weighted by Crippen LogP contribution is 2.24. The van der Waals surface area contributed by atoms with Gasteiger partial charge in [0, 0.05) is 30.5 Å². The van der Waals surface area contributed by atoms with E-state index in [2.05, 4.69) is 75.5 Å². The molecule has 1 saturated heterocycles. The van der Waals surface area contributed by atoms with Gasteiger partial charge in [-0.05, 0) is 43.5 Å². The smallest absolute Gasteiger partial charge is 0.231 e. The average molecular weight is 424 g/mol. The molecule has 4 rings (SSSR count). The lowest BCUT2D eigenvalue weighted by Gasteiger charge is -2.28. The summed E-state index contributed by atoms with van der Waals surface area (Å²) >= 11 is 0. The van der Waals surface area contributed by atoms with E-state index in [1.54, 1.807) is 6.33 Å². The second kappa shape index (κ2) is 9.96. The number of ether oxygens (including phenoxy) is 1. The Hall–Kier alpha value is -2.87. The third-order valence-electron chi connectivity index (χ3n) is 5.58. The number of fused-ring (bicyclic) bond motifs is 1. The minimum absolute atomic E-state index is 0.314. The normalized spacial score (nSPS) is 15.4. The monoisotopic (exact) mass is 423 g/mol. The van der Waals surface area contributed by atoms with E-state index < -0.39 is 0 Å². The first-order chi connectivity index (χ1) is 15.1. The lowest BCUT2D eigenvalue weighted by atomic mass is 10.0. The first-order valence-electron chi connectivity index (χ1n) is 11.3. The molecule has 0 spiro atoms. The van der Waals surface area contributed by atoms with Gasteiger partial charge in [-0.2, -0.15) is 9.97 Å². The van der Waals surface area contributed by atoms with Crippen molar-refractivity contribution in [3.8, 4) is 0 Å². The third kappa shape index (κ3) is 5.64. The van der Waals surface area contributed by atoms with Crippen molar-refractivity contribution in [1.82, 2.24) is 19.9 Å². The summed E-state index contributed by atoms with van der Waals surface area (Å²) in [6.45, 7) is 10.1. The van der Waals surface area contributed by atoms with Crippen molar-refractivity contribution in [3.63, 3.8) is 0 Å². The number of morpholine rings is 1.